The smallest absolute Gasteiger partial charge is 0.323 e. The molecule has 0 unspecified atom stereocenters. The topological polar surface area (TPSA) is 104 Å². The minimum Gasteiger partial charge on any atom is -0.480 e. The van der Waals surface area contributed by atoms with E-state index in [1.165, 1.54) is 16.8 Å². The molecule has 0 aromatic carbocycles. The highest BCUT2D eigenvalue weighted by atomic mass is 16.4. The monoisotopic (exact) mass is 294 g/mol. The van der Waals surface area contributed by atoms with E-state index in [0.717, 1.165) is 13.1 Å². The number of carboxylic acid groups (broad SMARTS) is 1. The van der Waals surface area contributed by atoms with Crippen molar-refractivity contribution in [1.29, 1.82) is 0 Å². The average molecular weight is 294 g/mol. The van der Waals surface area contributed by atoms with E-state index in [9.17, 15) is 14.4 Å². The Morgan fingerprint density at radius 2 is 2.00 bits per heavy atom. The Kier molecular flexibility index (Phi) is 4.94. The molecule has 3 N–H and O–H groups in total. The highest BCUT2D eigenvalue weighted by molar-refractivity contribution is 5.95. The van der Waals surface area contributed by atoms with Crippen molar-refractivity contribution in [1.82, 2.24) is 20.1 Å². The molecule has 0 radical (unpaired) electrons. The molecule has 8 heteroatoms. The van der Waals surface area contributed by atoms with Crippen LogP contribution in [0.5, 0.6) is 0 Å². The Morgan fingerprint density at radius 3 is 2.67 bits per heavy atom. The highest BCUT2D eigenvalue weighted by Gasteiger charge is 2.18. The Labute approximate surface area is 121 Å². The van der Waals surface area contributed by atoms with Crippen LogP contribution in [-0.2, 0) is 16.1 Å². The summed E-state index contributed by atoms with van der Waals surface area (Å²) in [5.41, 5.74) is 0.227. The van der Waals surface area contributed by atoms with Crippen LogP contribution in [0.1, 0.15) is 10.5 Å². The molecule has 1 aliphatic heterocycles. The third kappa shape index (κ3) is 4.06. The van der Waals surface area contributed by atoms with Crippen molar-refractivity contribution >= 4 is 17.8 Å². The van der Waals surface area contributed by atoms with Gasteiger partial charge in [0.15, 0.2) is 0 Å². The largest absolute Gasteiger partial charge is 0.480 e. The molecule has 2 heterocycles. The van der Waals surface area contributed by atoms with Crippen LogP contribution in [0.4, 0.5) is 0 Å². The van der Waals surface area contributed by atoms with Crippen LogP contribution in [0.2, 0.25) is 0 Å². The van der Waals surface area contributed by atoms with Gasteiger partial charge in [-0.2, -0.15) is 0 Å². The second-order valence-corrected chi connectivity index (χ2v) is 4.73. The highest BCUT2D eigenvalue weighted by Crippen LogP contribution is 2.02. The van der Waals surface area contributed by atoms with Crippen LogP contribution in [0, 0.1) is 0 Å². The maximum absolute atomic E-state index is 12.0. The molecule has 2 rings (SSSR count). The average Bonchev–Trinajstić information content (AvgIpc) is 2.92. The number of hydrogen-bond donors (Lipinski definition) is 3. The minimum atomic E-state index is -1.03. The van der Waals surface area contributed by atoms with Crippen molar-refractivity contribution in [2.75, 3.05) is 32.7 Å². The molecule has 0 atom stereocenters. The van der Waals surface area contributed by atoms with Gasteiger partial charge in [0.05, 0.1) is 6.54 Å². The van der Waals surface area contributed by atoms with E-state index >= 15 is 0 Å². The van der Waals surface area contributed by atoms with E-state index in [-0.39, 0.29) is 24.7 Å². The van der Waals surface area contributed by atoms with Gasteiger partial charge in [0.25, 0.3) is 5.91 Å². The summed E-state index contributed by atoms with van der Waals surface area (Å²) in [7, 11) is 0. The fourth-order valence-corrected chi connectivity index (χ4v) is 2.18. The van der Waals surface area contributed by atoms with Gasteiger partial charge in [-0.05, 0) is 12.1 Å². The van der Waals surface area contributed by atoms with Crippen LogP contribution in [0.25, 0.3) is 0 Å². The lowest BCUT2D eigenvalue weighted by atomic mass is 10.3. The molecule has 0 bridgehead atoms. The van der Waals surface area contributed by atoms with Crippen LogP contribution >= 0.6 is 0 Å². The van der Waals surface area contributed by atoms with Gasteiger partial charge in [0, 0.05) is 32.4 Å². The van der Waals surface area contributed by atoms with Crippen LogP contribution in [0.15, 0.2) is 18.3 Å². The summed E-state index contributed by atoms with van der Waals surface area (Å²) in [6.07, 6.45) is 1.52. The zero-order valence-corrected chi connectivity index (χ0v) is 11.5. The lowest BCUT2D eigenvalue weighted by Crippen LogP contribution is -2.49. The fraction of sp³-hybridized carbons (Fsp3) is 0.462. The second-order valence-electron chi connectivity index (χ2n) is 4.73. The van der Waals surface area contributed by atoms with Gasteiger partial charge in [-0.3, -0.25) is 14.4 Å². The summed E-state index contributed by atoms with van der Waals surface area (Å²) in [6.45, 7) is 2.38. The predicted octanol–water partition coefficient (Wildman–Crippen LogP) is -1.27. The quantitative estimate of drug-likeness (QED) is 0.628. The number of carbonyl (C=O) groups excluding carboxylic acids is 2. The zero-order chi connectivity index (χ0) is 15.2. The van der Waals surface area contributed by atoms with Crippen LogP contribution in [0.3, 0.4) is 0 Å². The first kappa shape index (κ1) is 15.0. The van der Waals surface area contributed by atoms with Crippen LogP contribution < -0.4 is 10.6 Å². The number of rotatable bonds is 5. The van der Waals surface area contributed by atoms with Gasteiger partial charge in [0.1, 0.15) is 12.2 Å². The standard InChI is InChI=1S/C13H18N4O4/c18-11(16-6-3-14-4-7-16)8-15-13(21)10-2-1-5-17(10)9-12(19)20/h1-2,5,14H,3-4,6-9H2,(H,15,21)(H,19,20). The van der Waals surface area contributed by atoms with Crippen molar-refractivity contribution in [2.45, 2.75) is 6.54 Å². The molecule has 21 heavy (non-hydrogen) atoms. The summed E-state index contributed by atoms with van der Waals surface area (Å²) in [5, 5.41) is 14.4. The normalized spacial score (nSPS) is 14.8. The minimum absolute atomic E-state index is 0.0862. The SMILES string of the molecule is O=C(O)Cn1cccc1C(=O)NCC(=O)N1CCNCC1. The number of aliphatic carboxylic acids is 1. The van der Waals surface area contributed by atoms with Gasteiger partial charge in [-0.1, -0.05) is 0 Å². The lowest BCUT2D eigenvalue weighted by molar-refractivity contribution is -0.137. The molecule has 0 saturated carbocycles. The number of amides is 2. The molecular formula is C13H18N4O4. The van der Waals surface area contributed by atoms with Gasteiger partial charge in [-0.15, -0.1) is 0 Å². The number of nitrogens with zero attached hydrogens (tertiary/aromatic N) is 2. The van der Waals surface area contributed by atoms with E-state index in [4.69, 9.17) is 5.11 Å². The van der Waals surface area contributed by atoms with Gasteiger partial charge >= 0.3 is 5.97 Å². The number of carbonyl (C=O) groups is 3. The molecule has 1 aromatic rings. The lowest BCUT2D eigenvalue weighted by Gasteiger charge is -2.27. The fourth-order valence-electron chi connectivity index (χ4n) is 2.18. The maximum atomic E-state index is 12.0. The Morgan fingerprint density at radius 1 is 1.29 bits per heavy atom. The van der Waals surface area contributed by atoms with Gasteiger partial charge < -0.3 is 25.2 Å². The molecule has 1 fully saturated rings. The summed E-state index contributed by atoms with van der Waals surface area (Å²) in [6, 6.07) is 3.11. The zero-order valence-electron chi connectivity index (χ0n) is 11.5. The first-order chi connectivity index (χ1) is 10.1. The number of piperazine rings is 1. The summed E-state index contributed by atoms with van der Waals surface area (Å²) in [4.78, 5) is 36.3. The summed E-state index contributed by atoms with van der Waals surface area (Å²) in [5.74, 6) is -1.62. The van der Waals surface area contributed by atoms with Crippen molar-refractivity contribution < 1.29 is 19.5 Å². The summed E-state index contributed by atoms with van der Waals surface area (Å²) >= 11 is 0. The van der Waals surface area contributed by atoms with Crippen LogP contribution in [-0.4, -0.2) is 65.1 Å². The second kappa shape index (κ2) is 6.89. The van der Waals surface area contributed by atoms with E-state index in [0.29, 0.717) is 13.1 Å². The molecule has 0 spiro atoms. The van der Waals surface area contributed by atoms with E-state index in [1.54, 1.807) is 11.0 Å². The summed E-state index contributed by atoms with van der Waals surface area (Å²) < 4.78 is 1.33. The first-order valence-corrected chi connectivity index (χ1v) is 6.71. The Bertz CT molecular complexity index is 534. The first-order valence-electron chi connectivity index (χ1n) is 6.71. The van der Waals surface area contributed by atoms with Crippen molar-refractivity contribution in [3.8, 4) is 0 Å². The molecule has 1 aliphatic rings. The molecular weight excluding hydrogens is 276 g/mol. The molecule has 114 valence electrons. The molecule has 1 aromatic heterocycles. The third-order valence-corrected chi connectivity index (χ3v) is 3.24. The number of hydrogen-bond acceptors (Lipinski definition) is 4. The Hall–Kier alpha value is -2.35. The number of aromatic nitrogens is 1. The molecule has 0 aliphatic carbocycles. The Balaban J connectivity index is 1.88. The van der Waals surface area contributed by atoms with Gasteiger partial charge in [-0.25, -0.2) is 0 Å². The van der Waals surface area contributed by atoms with Gasteiger partial charge in [0.2, 0.25) is 5.91 Å². The van der Waals surface area contributed by atoms with Crippen molar-refractivity contribution in [3.63, 3.8) is 0 Å². The third-order valence-electron chi connectivity index (χ3n) is 3.24. The van der Waals surface area contributed by atoms with E-state index in [1.807, 2.05) is 0 Å². The van der Waals surface area contributed by atoms with Crippen molar-refractivity contribution in [2.24, 2.45) is 0 Å². The molecule has 1 saturated heterocycles. The van der Waals surface area contributed by atoms with E-state index < -0.39 is 11.9 Å². The predicted molar refractivity (Wildman–Crippen MR) is 73.9 cm³/mol. The number of carboxylic acids is 1. The maximum Gasteiger partial charge on any atom is 0.323 e. The van der Waals surface area contributed by atoms with Crippen molar-refractivity contribution in [3.05, 3.63) is 24.0 Å². The molecule has 2 amide bonds. The van der Waals surface area contributed by atoms with E-state index in [2.05, 4.69) is 10.6 Å². The number of nitrogens with one attached hydrogen (secondary N) is 2. The molecule has 8 nitrogen and oxygen atoms in total.